The van der Waals surface area contributed by atoms with Crippen molar-refractivity contribution in [2.24, 2.45) is 0 Å². The highest BCUT2D eigenvalue weighted by atomic mass is 35.5. The van der Waals surface area contributed by atoms with Crippen LogP contribution in [0.4, 0.5) is 11.5 Å². The van der Waals surface area contributed by atoms with E-state index in [1.807, 2.05) is 55.5 Å². The number of amides is 1. The second-order valence-electron chi connectivity index (χ2n) is 5.98. The molecule has 2 N–H and O–H groups in total. The molecule has 144 valence electrons. The number of anilines is 2. The molecular formula is C21H21ClN4O2. The molecule has 0 aliphatic carbocycles. The Morgan fingerprint density at radius 3 is 2.68 bits per heavy atom. The average molecular weight is 397 g/mol. The average Bonchev–Trinajstić information content (AvgIpc) is 2.71. The first kappa shape index (κ1) is 19.6. The van der Waals surface area contributed by atoms with E-state index in [9.17, 15) is 4.79 Å². The summed E-state index contributed by atoms with van der Waals surface area (Å²) in [5, 5.41) is 6.74. The number of nitrogens with zero attached hydrogens (tertiary/aromatic N) is 2. The first-order chi connectivity index (χ1) is 13.7. The maximum Gasteiger partial charge on any atom is 0.270 e. The Bertz CT molecular complexity index is 932. The number of benzene rings is 2. The maximum absolute atomic E-state index is 12.4. The summed E-state index contributed by atoms with van der Waals surface area (Å²) in [5.74, 6) is 0.986. The Kier molecular flexibility index (Phi) is 6.81. The molecule has 1 amide bonds. The summed E-state index contributed by atoms with van der Waals surface area (Å²) in [6.07, 6.45) is 2.07. The van der Waals surface area contributed by atoms with Crippen molar-refractivity contribution >= 4 is 29.0 Å². The lowest BCUT2D eigenvalue weighted by Gasteiger charge is -2.12. The van der Waals surface area contributed by atoms with Gasteiger partial charge in [0.1, 0.15) is 23.6 Å². The van der Waals surface area contributed by atoms with Gasteiger partial charge in [-0.05, 0) is 43.2 Å². The van der Waals surface area contributed by atoms with Gasteiger partial charge in [0.15, 0.2) is 0 Å². The predicted molar refractivity (Wildman–Crippen MR) is 110 cm³/mol. The Labute approximate surface area is 168 Å². The van der Waals surface area contributed by atoms with Crippen LogP contribution >= 0.6 is 11.6 Å². The summed E-state index contributed by atoms with van der Waals surface area (Å²) in [5.41, 5.74) is 2.17. The quantitative estimate of drug-likeness (QED) is 0.595. The Balaban J connectivity index is 1.61. The van der Waals surface area contributed by atoms with Crippen LogP contribution < -0.4 is 15.4 Å². The highest BCUT2D eigenvalue weighted by molar-refractivity contribution is 6.30. The first-order valence-corrected chi connectivity index (χ1v) is 9.37. The van der Waals surface area contributed by atoms with E-state index in [1.54, 1.807) is 6.07 Å². The van der Waals surface area contributed by atoms with Crippen LogP contribution in [0.25, 0.3) is 0 Å². The standard InChI is InChI=1S/C21H21ClN4O2/c1-2-28-19-6-4-3-5-17(19)26-20-13-18(24-14-25-20)21(27)23-12-11-15-7-9-16(22)10-8-15/h3-10,13-14H,2,11-12H2,1H3,(H,23,27)(H,24,25,26). The summed E-state index contributed by atoms with van der Waals surface area (Å²) in [6, 6.07) is 16.7. The van der Waals surface area contributed by atoms with Crippen molar-refractivity contribution in [3.05, 3.63) is 77.2 Å². The zero-order chi connectivity index (χ0) is 19.8. The van der Waals surface area contributed by atoms with Gasteiger partial charge in [-0.1, -0.05) is 35.9 Å². The van der Waals surface area contributed by atoms with Gasteiger partial charge in [0.25, 0.3) is 5.91 Å². The van der Waals surface area contributed by atoms with Gasteiger partial charge in [-0.2, -0.15) is 0 Å². The van der Waals surface area contributed by atoms with E-state index >= 15 is 0 Å². The minimum Gasteiger partial charge on any atom is -0.492 e. The number of halogens is 1. The molecule has 3 rings (SSSR count). The lowest BCUT2D eigenvalue weighted by molar-refractivity contribution is 0.0949. The third-order valence-corrected chi connectivity index (χ3v) is 4.21. The summed E-state index contributed by atoms with van der Waals surface area (Å²) in [4.78, 5) is 20.6. The highest BCUT2D eigenvalue weighted by Crippen LogP contribution is 2.26. The molecule has 3 aromatic rings. The van der Waals surface area contributed by atoms with E-state index in [0.29, 0.717) is 36.1 Å². The smallest absolute Gasteiger partial charge is 0.270 e. The minimum atomic E-state index is -0.252. The zero-order valence-electron chi connectivity index (χ0n) is 15.5. The Morgan fingerprint density at radius 2 is 1.89 bits per heavy atom. The summed E-state index contributed by atoms with van der Waals surface area (Å²) < 4.78 is 5.60. The van der Waals surface area contributed by atoms with Gasteiger partial charge in [0.05, 0.1) is 12.3 Å². The van der Waals surface area contributed by atoms with E-state index in [0.717, 1.165) is 17.0 Å². The van der Waals surface area contributed by atoms with Crippen LogP contribution in [0.5, 0.6) is 5.75 Å². The van der Waals surface area contributed by atoms with E-state index in [2.05, 4.69) is 20.6 Å². The minimum absolute atomic E-state index is 0.252. The SMILES string of the molecule is CCOc1ccccc1Nc1cc(C(=O)NCCc2ccc(Cl)cc2)ncn1. The Morgan fingerprint density at radius 1 is 1.11 bits per heavy atom. The molecule has 0 saturated heterocycles. The Hall–Kier alpha value is -3.12. The maximum atomic E-state index is 12.4. The second-order valence-corrected chi connectivity index (χ2v) is 6.41. The first-order valence-electron chi connectivity index (χ1n) is 8.99. The lowest BCUT2D eigenvalue weighted by Crippen LogP contribution is -2.26. The predicted octanol–water partition coefficient (Wildman–Crippen LogP) is 4.24. The second kappa shape index (κ2) is 9.71. The summed E-state index contributed by atoms with van der Waals surface area (Å²) in [7, 11) is 0. The lowest BCUT2D eigenvalue weighted by atomic mass is 10.1. The van der Waals surface area contributed by atoms with Gasteiger partial charge in [0, 0.05) is 17.6 Å². The summed E-state index contributed by atoms with van der Waals surface area (Å²) >= 11 is 5.88. The molecule has 2 aromatic carbocycles. The number of para-hydroxylation sites is 2. The van der Waals surface area contributed by atoms with Gasteiger partial charge in [-0.3, -0.25) is 4.79 Å². The molecule has 0 saturated carbocycles. The number of rotatable bonds is 8. The van der Waals surface area contributed by atoms with E-state index in [4.69, 9.17) is 16.3 Å². The number of carbonyl (C=O) groups is 1. The topological polar surface area (TPSA) is 76.1 Å². The fourth-order valence-corrected chi connectivity index (χ4v) is 2.73. The van der Waals surface area contributed by atoms with Crippen LogP contribution in [0.3, 0.4) is 0 Å². The molecule has 0 aliphatic heterocycles. The molecule has 1 aromatic heterocycles. The van der Waals surface area contributed by atoms with Crippen LogP contribution in [0.2, 0.25) is 5.02 Å². The van der Waals surface area contributed by atoms with Crippen molar-refractivity contribution < 1.29 is 9.53 Å². The molecule has 1 heterocycles. The monoisotopic (exact) mass is 396 g/mol. The van der Waals surface area contributed by atoms with Crippen LogP contribution in [0.15, 0.2) is 60.9 Å². The van der Waals surface area contributed by atoms with Crippen LogP contribution in [0.1, 0.15) is 23.0 Å². The fraction of sp³-hybridized carbons (Fsp3) is 0.190. The number of carbonyl (C=O) groups excluding carboxylic acids is 1. The van der Waals surface area contributed by atoms with Gasteiger partial charge < -0.3 is 15.4 Å². The summed E-state index contributed by atoms with van der Waals surface area (Å²) in [6.45, 7) is 2.98. The molecule has 0 radical (unpaired) electrons. The number of ether oxygens (including phenoxy) is 1. The largest absolute Gasteiger partial charge is 0.492 e. The van der Waals surface area contributed by atoms with Crippen molar-refractivity contribution in [3.63, 3.8) is 0 Å². The number of nitrogens with one attached hydrogen (secondary N) is 2. The third kappa shape index (κ3) is 5.44. The van der Waals surface area contributed by atoms with Gasteiger partial charge in [-0.15, -0.1) is 0 Å². The van der Waals surface area contributed by atoms with Crippen molar-refractivity contribution in [1.29, 1.82) is 0 Å². The van der Waals surface area contributed by atoms with E-state index in [1.165, 1.54) is 6.33 Å². The number of hydrogen-bond donors (Lipinski definition) is 2. The molecular weight excluding hydrogens is 376 g/mol. The zero-order valence-corrected chi connectivity index (χ0v) is 16.2. The molecule has 28 heavy (non-hydrogen) atoms. The molecule has 0 unspecified atom stereocenters. The van der Waals surface area contributed by atoms with Crippen LogP contribution in [-0.2, 0) is 6.42 Å². The van der Waals surface area contributed by atoms with Crippen molar-refractivity contribution in [3.8, 4) is 5.75 Å². The van der Waals surface area contributed by atoms with E-state index < -0.39 is 0 Å². The van der Waals surface area contributed by atoms with Crippen LogP contribution in [-0.4, -0.2) is 29.0 Å². The fourth-order valence-electron chi connectivity index (χ4n) is 2.60. The number of aromatic nitrogens is 2. The van der Waals surface area contributed by atoms with Crippen LogP contribution in [0, 0.1) is 0 Å². The van der Waals surface area contributed by atoms with Crippen molar-refractivity contribution in [1.82, 2.24) is 15.3 Å². The van der Waals surface area contributed by atoms with Crippen molar-refractivity contribution in [2.75, 3.05) is 18.5 Å². The molecule has 0 atom stereocenters. The highest BCUT2D eigenvalue weighted by Gasteiger charge is 2.10. The molecule has 0 fully saturated rings. The molecule has 0 aliphatic rings. The molecule has 7 heteroatoms. The normalized spacial score (nSPS) is 10.4. The van der Waals surface area contributed by atoms with Gasteiger partial charge in [-0.25, -0.2) is 9.97 Å². The third-order valence-electron chi connectivity index (χ3n) is 3.96. The van der Waals surface area contributed by atoms with Crippen molar-refractivity contribution in [2.45, 2.75) is 13.3 Å². The number of hydrogen-bond acceptors (Lipinski definition) is 5. The van der Waals surface area contributed by atoms with E-state index in [-0.39, 0.29) is 5.91 Å². The molecule has 0 spiro atoms. The molecule has 6 nitrogen and oxygen atoms in total. The molecule has 0 bridgehead atoms. The van der Waals surface area contributed by atoms with Gasteiger partial charge >= 0.3 is 0 Å². The van der Waals surface area contributed by atoms with Gasteiger partial charge in [0.2, 0.25) is 0 Å².